The van der Waals surface area contributed by atoms with Crippen molar-refractivity contribution in [3.8, 4) is 0 Å². The maximum atomic E-state index is 13.2. The van der Waals surface area contributed by atoms with Crippen LogP contribution in [0.15, 0.2) is 29.4 Å². The molecule has 6 heteroatoms. The van der Waals surface area contributed by atoms with Crippen LogP contribution in [0.3, 0.4) is 0 Å². The number of benzene rings is 1. The molecule has 0 saturated heterocycles. The summed E-state index contributed by atoms with van der Waals surface area (Å²) < 4.78 is 18.2. The third-order valence-electron chi connectivity index (χ3n) is 3.46. The zero-order chi connectivity index (χ0) is 15.8. The molecule has 0 aliphatic rings. The highest BCUT2D eigenvalue weighted by molar-refractivity contribution is 5.83. The topological polar surface area (TPSA) is 61.4 Å². The first-order chi connectivity index (χ1) is 10.7. The summed E-state index contributed by atoms with van der Waals surface area (Å²) in [6, 6.07) is 4.82. The van der Waals surface area contributed by atoms with Crippen LogP contribution >= 0.6 is 0 Å². The number of guanidine groups is 1. The number of aromatic amines is 1. The van der Waals surface area contributed by atoms with E-state index in [4.69, 9.17) is 4.74 Å². The number of fused-ring (bicyclic) bond motifs is 1. The lowest BCUT2D eigenvalue weighted by Gasteiger charge is -2.11. The zero-order valence-electron chi connectivity index (χ0n) is 13.1. The molecule has 0 unspecified atom stereocenters. The maximum absolute atomic E-state index is 13.2. The van der Waals surface area contributed by atoms with Gasteiger partial charge in [-0.15, -0.1) is 0 Å². The second kappa shape index (κ2) is 8.38. The summed E-state index contributed by atoms with van der Waals surface area (Å²) in [6.07, 6.45) is 3.70. The Morgan fingerprint density at radius 2 is 2.14 bits per heavy atom. The van der Waals surface area contributed by atoms with Gasteiger partial charge in [-0.25, -0.2) is 4.39 Å². The molecule has 22 heavy (non-hydrogen) atoms. The van der Waals surface area contributed by atoms with Crippen LogP contribution in [0.4, 0.5) is 4.39 Å². The Kier molecular flexibility index (Phi) is 6.21. The Morgan fingerprint density at radius 3 is 2.91 bits per heavy atom. The maximum Gasteiger partial charge on any atom is 0.190 e. The first kappa shape index (κ1) is 16.3. The van der Waals surface area contributed by atoms with Gasteiger partial charge in [0.15, 0.2) is 5.96 Å². The SMILES string of the molecule is CN=C(NCCCOC)NCCc1c[nH]c2cc(F)ccc12. The fourth-order valence-corrected chi connectivity index (χ4v) is 2.32. The molecule has 0 radical (unpaired) electrons. The summed E-state index contributed by atoms with van der Waals surface area (Å²) in [5.74, 6) is 0.557. The Balaban J connectivity index is 1.81. The molecule has 0 aliphatic heterocycles. The molecule has 0 aliphatic carbocycles. The number of ether oxygens (including phenoxy) is 1. The van der Waals surface area contributed by atoms with Crippen LogP contribution < -0.4 is 10.6 Å². The number of H-pyrrole nitrogens is 1. The van der Waals surface area contributed by atoms with Crippen molar-refractivity contribution in [3.63, 3.8) is 0 Å². The van der Waals surface area contributed by atoms with E-state index in [2.05, 4.69) is 20.6 Å². The van der Waals surface area contributed by atoms with Gasteiger partial charge in [-0.05, 0) is 36.6 Å². The third kappa shape index (κ3) is 4.46. The van der Waals surface area contributed by atoms with Crippen LogP contribution in [0.5, 0.6) is 0 Å². The molecule has 0 amide bonds. The highest BCUT2D eigenvalue weighted by atomic mass is 19.1. The molecule has 0 spiro atoms. The van der Waals surface area contributed by atoms with Crippen molar-refractivity contribution in [2.45, 2.75) is 12.8 Å². The average Bonchev–Trinajstić information content (AvgIpc) is 2.92. The minimum atomic E-state index is -0.223. The lowest BCUT2D eigenvalue weighted by molar-refractivity contribution is 0.195. The molecule has 0 bridgehead atoms. The predicted octanol–water partition coefficient (Wildman–Crippen LogP) is 2.05. The largest absolute Gasteiger partial charge is 0.385 e. The molecule has 1 aromatic heterocycles. The van der Waals surface area contributed by atoms with Crippen LogP contribution in [-0.4, -0.2) is 44.8 Å². The molecule has 3 N–H and O–H groups in total. The standard InChI is InChI=1S/C16H23FN4O/c1-18-16(19-7-3-9-22-2)20-8-6-12-11-21-15-10-13(17)4-5-14(12)15/h4-5,10-11,21H,3,6-9H2,1-2H3,(H2,18,19,20). The lowest BCUT2D eigenvalue weighted by Crippen LogP contribution is -2.38. The van der Waals surface area contributed by atoms with Crippen LogP contribution in [0.25, 0.3) is 10.9 Å². The van der Waals surface area contributed by atoms with E-state index in [1.54, 1.807) is 14.2 Å². The van der Waals surface area contributed by atoms with Crippen molar-refractivity contribution in [1.29, 1.82) is 0 Å². The highest BCUT2D eigenvalue weighted by Crippen LogP contribution is 2.19. The third-order valence-corrected chi connectivity index (χ3v) is 3.46. The van der Waals surface area contributed by atoms with Crippen molar-refractivity contribution >= 4 is 16.9 Å². The van der Waals surface area contributed by atoms with Crippen LogP contribution in [-0.2, 0) is 11.2 Å². The van der Waals surface area contributed by atoms with Crippen molar-refractivity contribution in [3.05, 3.63) is 35.8 Å². The molecule has 120 valence electrons. The first-order valence-corrected chi connectivity index (χ1v) is 7.43. The van der Waals surface area contributed by atoms with Crippen LogP contribution in [0.1, 0.15) is 12.0 Å². The molecular formula is C16H23FN4O. The Morgan fingerprint density at radius 1 is 1.32 bits per heavy atom. The molecule has 1 heterocycles. The molecule has 2 aromatic rings. The Bertz CT molecular complexity index is 624. The van der Waals surface area contributed by atoms with E-state index >= 15 is 0 Å². The van der Waals surface area contributed by atoms with E-state index in [1.165, 1.54) is 12.1 Å². The fourth-order valence-electron chi connectivity index (χ4n) is 2.32. The number of nitrogens with zero attached hydrogens (tertiary/aromatic N) is 1. The first-order valence-electron chi connectivity index (χ1n) is 7.43. The van der Waals surface area contributed by atoms with Crippen LogP contribution in [0, 0.1) is 5.82 Å². The van der Waals surface area contributed by atoms with Crippen molar-refractivity contribution < 1.29 is 9.13 Å². The number of aliphatic imine (C=N–C) groups is 1. The molecule has 2 rings (SSSR count). The van der Waals surface area contributed by atoms with Gasteiger partial charge in [0, 0.05) is 51.0 Å². The number of nitrogens with one attached hydrogen (secondary N) is 3. The molecule has 0 fully saturated rings. The monoisotopic (exact) mass is 306 g/mol. The van der Waals surface area contributed by atoms with Gasteiger partial charge in [0.05, 0.1) is 0 Å². The molecular weight excluding hydrogens is 283 g/mol. The van der Waals surface area contributed by atoms with Gasteiger partial charge in [-0.3, -0.25) is 4.99 Å². The Hall–Kier alpha value is -2.08. The number of methoxy groups -OCH3 is 1. The smallest absolute Gasteiger partial charge is 0.190 e. The average molecular weight is 306 g/mol. The van der Waals surface area contributed by atoms with Gasteiger partial charge in [0.25, 0.3) is 0 Å². The van der Waals surface area contributed by atoms with Gasteiger partial charge in [-0.2, -0.15) is 0 Å². The van der Waals surface area contributed by atoms with Gasteiger partial charge < -0.3 is 20.4 Å². The Labute approximate surface area is 130 Å². The van der Waals surface area contributed by atoms with E-state index in [0.717, 1.165) is 55.0 Å². The minimum absolute atomic E-state index is 0.223. The molecule has 0 atom stereocenters. The second-order valence-corrected chi connectivity index (χ2v) is 5.03. The number of aromatic nitrogens is 1. The van der Waals surface area contributed by atoms with E-state index in [1.807, 2.05) is 12.3 Å². The van der Waals surface area contributed by atoms with Gasteiger partial charge in [0.1, 0.15) is 5.82 Å². The summed E-state index contributed by atoms with van der Waals surface area (Å²) in [6.45, 7) is 2.31. The van der Waals surface area contributed by atoms with E-state index in [-0.39, 0.29) is 5.82 Å². The predicted molar refractivity (Wildman–Crippen MR) is 87.8 cm³/mol. The molecule has 5 nitrogen and oxygen atoms in total. The lowest BCUT2D eigenvalue weighted by atomic mass is 10.1. The number of hydrogen-bond donors (Lipinski definition) is 3. The van der Waals surface area contributed by atoms with Gasteiger partial charge in [-0.1, -0.05) is 0 Å². The van der Waals surface area contributed by atoms with E-state index < -0.39 is 0 Å². The fraction of sp³-hybridized carbons (Fsp3) is 0.438. The normalized spacial score (nSPS) is 11.9. The van der Waals surface area contributed by atoms with Gasteiger partial charge >= 0.3 is 0 Å². The number of hydrogen-bond acceptors (Lipinski definition) is 2. The van der Waals surface area contributed by atoms with Gasteiger partial charge in [0.2, 0.25) is 0 Å². The number of rotatable bonds is 7. The molecule has 0 saturated carbocycles. The van der Waals surface area contributed by atoms with Crippen LogP contribution in [0.2, 0.25) is 0 Å². The quantitative estimate of drug-likeness (QED) is 0.417. The van der Waals surface area contributed by atoms with Crippen molar-refractivity contribution in [2.24, 2.45) is 4.99 Å². The van der Waals surface area contributed by atoms with Crippen molar-refractivity contribution in [1.82, 2.24) is 15.6 Å². The minimum Gasteiger partial charge on any atom is -0.385 e. The summed E-state index contributed by atoms with van der Waals surface area (Å²) in [5, 5.41) is 7.56. The van der Waals surface area contributed by atoms with Crippen molar-refractivity contribution in [2.75, 3.05) is 33.9 Å². The summed E-state index contributed by atoms with van der Waals surface area (Å²) in [7, 11) is 3.44. The zero-order valence-corrected chi connectivity index (χ0v) is 13.1. The summed E-state index contributed by atoms with van der Waals surface area (Å²) in [4.78, 5) is 7.28. The molecule has 1 aromatic carbocycles. The highest BCUT2D eigenvalue weighted by Gasteiger charge is 2.05. The second-order valence-electron chi connectivity index (χ2n) is 5.03. The van der Waals surface area contributed by atoms with E-state index in [9.17, 15) is 4.39 Å². The summed E-state index contributed by atoms with van der Waals surface area (Å²) >= 11 is 0. The summed E-state index contributed by atoms with van der Waals surface area (Å²) in [5.41, 5.74) is 1.99. The number of halogens is 1. The van der Waals surface area contributed by atoms with E-state index in [0.29, 0.717) is 0 Å².